The van der Waals surface area contributed by atoms with E-state index in [2.05, 4.69) is 10.5 Å². The summed E-state index contributed by atoms with van der Waals surface area (Å²) in [6, 6.07) is 5.06. The molecule has 0 saturated heterocycles. The highest BCUT2D eigenvalue weighted by Gasteiger charge is 2.51. The summed E-state index contributed by atoms with van der Waals surface area (Å²) in [5.41, 5.74) is -1.37. The molecule has 0 aliphatic heterocycles. The second-order valence-corrected chi connectivity index (χ2v) is 11.3. The van der Waals surface area contributed by atoms with E-state index in [1.54, 1.807) is 13.8 Å². The predicted molar refractivity (Wildman–Crippen MR) is 117 cm³/mol. The van der Waals surface area contributed by atoms with Crippen LogP contribution in [0.3, 0.4) is 0 Å². The van der Waals surface area contributed by atoms with Gasteiger partial charge in [-0.25, -0.2) is 8.42 Å². The van der Waals surface area contributed by atoms with Crippen LogP contribution in [0, 0.1) is 31.1 Å². The summed E-state index contributed by atoms with van der Waals surface area (Å²) in [5.74, 6) is -1.12. The Labute approximate surface area is 200 Å². The number of ether oxygens (including phenoxy) is 1. The van der Waals surface area contributed by atoms with Crippen LogP contribution in [0.1, 0.15) is 42.7 Å². The fraction of sp³-hybridized carbons (Fsp3) is 0.522. The van der Waals surface area contributed by atoms with E-state index in [9.17, 15) is 31.6 Å². The quantitative estimate of drug-likeness (QED) is 0.627. The highest BCUT2D eigenvalue weighted by atomic mass is 32.2. The van der Waals surface area contributed by atoms with Gasteiger partial charge in [-0.05, 0) is 57.2 Å². The van der Waals surface area contributed by atoms with Gasteiger partial charge in [0.1, 0.15) is 11.3 Å². The number of nitrogens with one attached hydrogen (secondary N) is 1. The maximum Gasteiger partial charge on any atom is 0.417 e. The Hall–Kier alpha value is -2.91. The van der Waals surface area contributed by atoms with Crippen LogP contribution in [0.5, 0.6) is 0 Å². The molecule has 1 unspecified atom stereocenters. The average molecular weight is 512 g/mol. The van der Waals surface area contributed by atoms with Crippen molar-refractivity contribution in [1.82, 2.24) is 10.5 Å². The van der Waals surface area contributed by atoms with Crippen LogP contribution in [0.25, 0.3) is 11.1 Å². The molecule has 2 fully saturated rings. The van der Waals surface area contributed by atoms with Crippen LogP contribution in [0.4, 0.5) is 13.2 Å². The third-order valence-electron chi connectivity index (χ3n) is 6.78. The standard InChI is InChI=1S/C23H24F3N3O5S/c1-12-20(13(2)34-29-12)14-4-5-19(17(8-14)23(24,25)26)35(31,32)15-9-16(18(10-15)33-3)21(30)28-22(11-27)6-7-22/h4-5,8,15-16,18H,6-7,9-10H2,1-3H3,(H,28,30)/t15?,16-,18-/m1/s1. The van der Waals surface area contributed by atoms with Crippen molar-refractivity contribution in [3.8, 4) is 17.2 Å². The maximum absolute atomic E-state index is 14.0. The number of carbonyl (C=O) groups excluding carboxylic acids is 1. The lowest BCUT2D eigenvalue weighted by atomic mass is 10.0. The van der Waals surface area contributed by atoms with E-state index in [1.807, 2.05) is 6.07 Å². The minimum Gasteiger partial charge on any atom is -0.381 e. The number of aromatic nitrogens is 1. The second kappa shape index (κ2) is 8.64. The smallest absolute Gasteiger partial charge is 0.381 e. The Morgan fingerprint density at radius 2 is 1.97 bits per heavy atom. The number of hydrogen-bond donors (Lipinski definition) is 1. The molecular formula is C23H24F3N3O5S. The van der Waals surface area contributed by atoms with Crippen molar-refractivity contribution in [2.75, 3.05) is 7.11 Å². The van der Waals surface area contributed by atoms with E-state index in [4.69, 9.17) is 9.26 Å². The van der Waals surface area contributed by atoms with E-state index < -0.39 is 55.2 Å². The number of halogens is 3. The van der Waals surface area contributed by atoms with Gasteiger partial charge in [-0.2, -0.15) is 18.4 Å². The fourth-order valence-corrected chi connectivity index (χ4v) is 6.69. The summed E-state index contributed by atoms with van der Waals surface area (Å²) in [5, 5.41) is 14.4. The molecule has 188 valence electrons. The van der Waals surface area contributed by atoms with Crippen LogP contribution in [-0.4, -0.2) is 43.5 Å². The number of benzene rings is 1. The second-order valence-electron chi connectivity index (χ2n) is 9.11. The molecule has 0 spiro atoms. The number of methoxy groups -OCH3 is 1. The van der Waals surface area contributed by atoms with Gasteiger partial charge in [-0.1, -0.05) is 11.2 Å². The third kappa shape index (κ3) is 4.54. The highest BCUT2D eigenvalue weighted by molar-refractivity contribution is 7.92. The summed E-state index contributed by atoms with van der Waals surface area (Å²) in [6.45, 7) is 3.14. The number of hydrogen-bond acceptors (Lipinski definition) is 7. The van der Waals surface area contributed by atoms with Crippen molar-refractivity contribution < 1.29 is 35.6 Å². The van der Waals surface area contributed by atoms with Crippen molar-refractivity contribution in [3.05, 3.63) is 35.2 Å². The lowest BCUT2D eigenvalue weighted by Crippen LogP contribution is -2.42. The summed E-state index contributed by atoms with van der Waals surface area (Å²) in [6.07, 6.45) is -5.11. The van der Waals surface area contributed by atoms with Crippen LogP contribution < -0.4 is 5.32 Å². The van der Waals surface area contributed by atoms with Crippen molar-refractivity contribution in [2.45, 2.75) is 67.5 Å². The van der Waals surface area contributed by atoms with Crippen LogP contribution >= 0.6 is 0 Å². The SMILES string of the molecule is CO[C@@H]1CC(S(=O)(=O)c2ccc(-c3c(C)noc3C)cc2C(F)(F)F)C[C@H]1C(=O)NC1(C#N)CC1. The van der Waals surface area contributed by atoms with Crippen molar-refractivity contribution in [1.29, 1.82) is 5.26 Å². The molecule has 2 aromatic rings. The Kier molecular flexibility index (Phi) is 6.22. The predicted octanol–water partition coefficient (Wildman–Crippen LogP) is 3.72. The van der Waals surface area contributed by atoms with Gasteiger partial charge in [0.2, 0.25) is 5.91 Å². The van der Waals surface area contributed by atoms with E-state index in [0.717, 1.165) is 12.1 Å². The van der Waals surface area contributed by atoms with Gasteiger partial charge in [0.05, 0.1) is 39.5 Å². The molecule has 1 heterocycles. The molecule has 2 saturated carbocycles. The molecule has 2 aliphatic rings. The lowest BCUT2D eigenvalue weighted by molar-refractivity contribution is -0.139. The molecule has 1 amide bonds. The third-order valence-corrected chi connectivity index (χ3v) is 9.01. The Morgan fingerprint density at radius 3 is 2.49 bits per heavy atom. The van der Waals surface area contributed by atoms with Crippen molar-refractivity contribution in [2.24, 2.45) is 5.92 Å². The van der Waals surface area contributed by atoms with Crippen molar-refractivity contribution in [3.63, 3.8) is 0 Å². The first-order valence-electron chi connectivity index (χ1n) is 11.0. The molecule has 1 aromatic carbocycles. The number of carbonyl (C=O) groups is 1. The molecular weight excluding hydrogens is 487 g/mol. The highest BCUT2D eigenvalue weighted by Crippen LogP contribution is 2.43. The zero-order valence-corrected chi connectivity index (χ0v) is 20.1. The molecule has 1 aromatic heterocycles. The molecule has 0 bridgehead atoms. The van der Waals surface area contributed by atoms with Gasteiger partial charge in [-0.3, -0.25) is 4.79 Å². The summed E-state index contributed by atoms with van der Waals surface area (Å²) >= 11 is 0. The lowest BCUT2D eigenvalue weighted by Gasteiger charge is -2.19. The largest absolute Gasteiger partial charge is 0.417 e. The number of alkyl halides is 3. The number of nitriles is 1. The van der Waals surface area contributed by atoms with Crippen LogP contribution in [0.2, 0.25) is 0 Å². The van der Waals surface area contributed by atoms with Gasteiger partial charge in [0.25, 0.3) is 0 Å². The van der Waals surface area contributed by atoms with Gasteiger partial charge >= 0.3 is 6.18 Å². The molecule has 4 rings (SSSR count). The molecule has 35 heavy (non-hydrogen) atoms. The Morgan fingerprint density at radius 1 is 1.29 bits per heavy atom. The molecule has 0 radical (unpaired) electrons. The average Bonchev–Trinajstić information content (AvgIpc) is 3.28. The number of rotatable bonds is 6. The first kappa shape index (κ1) is 25.2. The van der Waals surface area contributed by atoms with Crippen LogP contribution in [0.15, 0.2) is 27.6 Å². The fourth-order valence-electron chi connectivity index (χ4n) is 4.69. The van der Waals surface area contributed by atoms with E-state index in [-0.39, 0.29) is 18.4 Å². The van der Waals surface area contributed by atoms with Crippen LogP contribution in [-0.2, 0) is 25.5 Å². The number of nitrogens with zero attached hydrogens (tertiary/aromatic N) is 2. The van der Waals surface area contributed by atoms with E-state index in [1.165, 1.54) is 13.2 Å². The molecule has 2 aliphatic carbocycles. The topological polar surface area (TPSA) is 122 Å². The molecule has 1 N–H and O–H groups in total. The molecule has 3 atom stereocenters. The monoisotopic (exact) mass is 511 g/mol. The molecule has 8 nitrogen and oxygen atoms in total. The summed E-state index contributed by atoms with van der Waals surface area (Å²) < 4.78 is 79.4. The molecule has 12 heteroatoms. The van der Waals surface area contributed by atoms with Gasteiger partial charge < -0.3 is 14.6 Å². The minimum atomic E-state index is -4.95. The Bertz CT molecular complexity index is 1290. The summed E-state index contributed by atoms with van der Waals surface area (Å²) in [7, 11) is -3.17. The number of aryl methyl sites for hydroxylation is 2. The van der Waals surface area contributed by atoms with Gasteiger partial charge in [0, 0.05) is 12.7 Å². The zero-order chi connectivity index (χ0) is 25.8. The zero-order valence-electron chi connectivity index (χ0n) is 19.3. The van der Waals surface area contributed by atoms with Crippen molar-refractivity contribution >= 4 is 15.7 Å². The summed E-state index contributed by atoms with van der Waals surface area (Å²) in [4.78, 5) is 11.9. The van der Waals surface area contributed by atoms with Gasteiger partial charge in [-0.15, -0.1) is 0 Å². The minimum absolute atomic E-state index is 0.136. The number of sulfone groups is 1. The first-order valence-corrected chi connectivity index (χ1v) is 12.5. The van der Waals surface area contributed by atoms with E-state index in [0.29, 0.717) is 29.9 Å². The Balaban J connectivity index is 1.68. The van der Waals surface area contributed by atoms with Gasteiger partial charge in [0.15, 0.2) is 9.84 Å². The van der Waals surface area contributed by atoms with E-state index >= 15 is 0 Å². The number of amides is 1. The normalized spacial score (nSPS) is 23.6. The first-order chi connectivity index (χ1) is 16.3. The maximum atomic E-state index is 14.0.